The number of nitrogens with one attached hydrogen (secondary N) is 3. The molecule has 1 atom stereocenters. The molecule has 0 unspecified atom stereocenters. The highest BCUT2D eigenvalue weighted by atomic mass is 35.5. The van der Waals surface area contributed by atoms with E-state index in [-0.39, 0.29) is 5.91 Å². The van der Waals surface area contributed by atoms with Crippen molar-refractivity contribution in [3.05, 3.63) is 75.4 Å². The second kappa shape index (κ2) is 7.48. The molecule has 0 spiro atoms. The Balaban J connectivity index is 2.00. The van der Waals surface area contributed by atoms with Crippen LogP contribution < -0.4 is 16.0 Å². The molecule has 1 aliphatic heterocycles. The maximum Gasteiger partial charge on any atom is 0.255 e. The largest absolute Gasteiger partial charge is 0.351 e. The van der Waals surface area contributed by atoms with Gasteiger partial charge in [0.2, 0.25) is 0 Å². The predicted octanol–water partition coefficient (Wildman–Crippen LogP) is 4.39. The Labute approximate surface area is 163 Å². The number of carbonyl (C=O) groups is 1. The van der Waals surface area contributed by atoms with E-state index in [0.717, 1.165) is 22.4 Å². The normalized spacial score (nSPS) is 16.8. The van der Waals surface area contributed by atoms with Gasteiger partial charge in [-0.2, -0.15) is 0 Å². The van der Waals surface area contributed by atoms with Gasteiger partial charge in [-0.05, 0) is 61.8 Å². The van der Waals surface area contributed by atoms with Gasteiger partial charge in [-0.1, -0.05) is 41.9 Å². The third kappa shape index (κ3) is 3.59. The van der Waals surface area contributed by atoms with Gasteiger partial charge in [-0.3, -0.25) is 4.79 Å². The van der Waals surface area contributed by atoms with Gasteiger partial charge in [-0.25, -0.2) is 0 Å². The van der Waals surface area contributed by atoms with Crippen LogP contribution >= 0.6 is 23.8 Å². The number of hydrogen-bond acceptors (Lipinski definition) is 2. The van der Waals surface area contributed by atoms with Gasteiger partial charge < -0.3 is 16.0 Å². The number of amides is 1. The third-order valence-corrected chi connectivity index (χ3v) is 5.15. The van der Waals surface area contributed by atoms with Gasteiger partial charge in [0, 0.05) is 16.4 Å². The SMILES string of the molecule is CC1=C(C(=O)Nc2cccc(C)c2C)[C@H](c2ccccc2Cl)NC(=S)N1. The van der Waals surface area contributed by atoms with Crippen LogP contribution in [0.15, 0.2) is 53.7 Å². The van der Waals surface area contributed by atoms with Crippen LogP contribution in [0.2, 0.25) is 5.02 Å². The second-order valence-electron chi connectivity index (χ2n) is 6.29. The quantitative estimate of drug-likeness (QED) is 0.686. The topological polar surface area (TPSA) is 53.2 Å². The summed E-state index contributed by atoms with van der Waals surface area (Å²) in [5, 5.41) is 10.3. The van der Waals surface area contributed by atoms with Crippen LogP contribution in [-0.2, 0) is 4.79 Å². The lowest BCUT2D eigenvalue weighted by Gasteiger charge is -2.31. The molecule has 1 aliphatic rings. The first kappa shape index (κ1) is 18.4. The van der Waals surface area contributed by atoms with Crippen molar-refractivity contribution in [3.63, 3.8) is 0 Å². The molecular formula is C20H20ClN3OS. The minimum absolute atomic E-state index is 0.191. The van der Waals surface area contributed by atoms with Crippen molar-refractivity contribution in [3.8, 4) is 0 Å². The van der Waals surface area contributed by atoms with Crippen LogP contribution in [0.1, 0.15) is 29.7 Å². The molecule has 6 heteroatoms. The van der Waals surface area contributed by atoms with Crippen molar-refractivity contribution < 1.29 is 4.79 Å². The minimum atomic E-state index is -0.414. The molecule has 0 bridgehead atoms. The molecular weight excluding hydrogens is 366 g/mol. The molecule has 26 heavy (non-hydrogen) atoms. The highest BCUT2D eigenvalue weighted by Gasteiger charge is 2.31. The van der Waals surface area contributed by atoms with E-state index < -0.39 is 6.04 Å². The number of rotatable bonds is 3. The fourth-order valence-corrected chi connectivity index (χ4v) is 3.53. The molecule has 4 nitrogen and oxygen atoms in total. The number of allylic oxidation sites excluding steroid dienone is 1. The summed E-state index contributed by atoms with van der Waals surface area (Å²) in [6.45, 7) is 5.85. The summed E-state index contributed by atoms with van der Waals surface area (Å²) in [7, 11) is 0. The van der Waals surface area contributed by atoms with Crippen LogP contribution in [0.3, 0.4) is 0 Å². The lowest BCUT2D eigenvalue weighted by molar-refractivity contribution is -0.113. The average Bonchev–Trinajstić information content (AvgIpc) is 2.58. The number of hydrogen-bond donors (Lipinski definition) is 3. The van der Waals surface area contributed by atoms with E-state index in [4.69, 9.17) is 23.8 Å². The first-order valence-electron chi connectivity index (χ1n) is 8.28. The number of carbonyl (C=O) groups excluding carboxylic acids is 1. The van der Waals surface area contributed by atoms with Gasteiger partial charge in [0.25, 0.3) is 5.91 Å². The summed E-state index contributed by atoms with van der Waals surface area (Å²) in [5.74, 6) is -0.191. The standard InChI is InChI=1S/C20H20ClN3OS/c1-11-7-6-10-16(12(11)2)23-19(25)17-13(3)22-20(26)24-18(17)14-8-4-5-9-15(14)21/h4-10,18H,1-3H3,(H,23,25)(H2,22,24,26)/t18-/m0/s1. The van der Waals surface area contributed by atoms with Crippen LogP contribution in [0, 0.1) is 13.8 Å². The Hall–Kier alpha value is -2.37. The Morgan fingerprint density at radius 3 is 2.58 bits per heavy atom. The summed E-state index contributed by atoms with van der Waals surface area (Å²) in [4.78, 5) is 13.1. The second-order valence-corrected chi connectivity index (χ2v) is 7.11. The Morgan fingerprint density at radius 2 is 1.85 bits per heavy atom. The Morgan fingerprint density at radius 1 is 1.12 bits per heavy atom. The van der Waals surface area contributed by atoms with Gasteiger partial charge in [-0.15, -0.1) is 0 Å². The van der Waals surface area contributed by atoms with E-state index in [2.05, 4.69) is 16.0 Å². The molecule has 0 aliphatic carbocycles. The molecule has 2 aromatic rings. The first-order valence-corrected chi connectivity index (χ1v) is 9.07. The molecule has 0 saturated heterocycles. The zero-order valence-electron chi connectivity index (χ0n) is 14.8. The first-order chi connectivity index (χ1) is 12.4. The molecule has 3 N–H and O–H groups in total. The fraction of sp³-hybridized carbons (Fsp3) is 0.200. The van der Waals surface area contributed by atoms with E-state index in [9.17, 15) is 4.79 Å². The minimum Gasteiger partial charge on any atom is -0.351 e. The highest BCUT2D eigenvalue weighted by molar-refractivity contribution is 7.80. The van der Waals surface area contributed by atoms with Crippen LogP contribution in [0.4, 0.5) is 5.69 Å². The molecule has 0 saturated carbocycles. The van der Waals surface area contributed by atoms with E-state index in [1.807, 2.05) is 57.2 Å². The smallest absolute Gasteiger partial charge is 0.255 e. The van der Waals surface area contributed by atoms with E-state index in [1.54, 1.807) is 6.07 Å². The predicted molar refractivity (Wildman–Crippen MR) is 110 cm³/mol. The molecule has 0 radical (unpaired) electrons. The molecule has 134 valence electrons. The molecule has 3 rings (SSSR count). The van der Waals surface area contributed by atoms with Gasteiger partial charge in [0.05, 0.1) is 11.6 Å². The molecule has 2 aromatic carbocycles. The number of aryl methyl sites for hydroxylation is 1. The van der Waals surface area contributed by atoms with Crippen molar-refractivity contribution >= 4 is 40.5 Å². The average molecular weight is 386 g/mol. The lowest BCUT2D eigenvalue weighted by atomic mass is 9.94. The number of benzene rings is 2. The molecule has 1 amide bonds. The van der Waals surface area contributed by atoms with E-state index >= 15 is 0 Å². The third-order valence-electron chi connectivity index (χ3n) is 4.58. The lowest BCUT2D eigenvalue weighted by Crippen LogP contribution is -2.45. The monoisotopic (exact) mass is 385 g/mol. The van der Waals surface area contributed by atoms with Crippen molar-refractivity contribution in [2.75, 3.05) is 5.32 Å². The number of halogens is 1. The summed E-state index contributed by atoms with van der Waals surface area (Å²) >= 11 is 11.7. The summed E-state index contributed by atoms with van der Waals surface area (Å²) in [6, 6.07) is 12.9. The Kier molecular flexibility index (Phi) is 5.30. The van der Waals surface area contributed by atoms with Crippen molar-refractivity contribution in [1.82, 2.24) is 10.6 Å². The van der Waals surface area contributed by atoms with Gasteiger partial charge >= 0.3 is 0 Å². The summed E-state index contributed by atoms with van der Waals surface area (Å²) in [5.41, 5.74) is 5.04. The van der Waals surface area contributed by atoms with Crippen molar-refractivity contribution in [2.24, 2.45) is 0 Å². The summed E-state index contributed by atoms with van der Waals surface area (Å²) < 4.78 is 0. The summed E-state index contributed by atoms with van der Waals surface area (Å²) in [6.07, 6.45) is 0. The fourth-order valence-electron chi connectivity index (χ4n) is 3.01. The molecule has 1 heterocycles. The number of thiocarbonyl (C=S) groups is 1. The maximum atomic E-state index is 13.1. The van der Waals surface area contributed by atoms with Gasteiger partial charge in [0.1, 0.15) is 0 Å². The van der Waals surface area contributed by atoms with Crippen molar-refractivity contribution in [2.45, 2.75) is 26.8 Å². The van der Waals surface area contributed by atoms with Crippen LogP contribution in [0.5, 0.6) is 0 Å². The highest BCUT2D eigenvalue weighted by Crippen LogP contribution is 2.32. The Bertz CT molecular complexity index is 923. The van der Waals surface area contributed by atoms with Crippen molar-refractivity contribution in [1.29, 1.82) is 0 Å². The van der Waals surface area contributed by atoms with E-state index in [0.29, 0.717) is 21.4 Å². The zero-order chi connectivity index (χ0) is 18.8. The maximum absolute atomic E-state index is 13.1. The van der Waals surface area contributed by atoms with Crippen LogP contribution in [-0.4, -0.2) is 11.0 Å². The zero-order valence-corrected chi connectivity index (χ0v) is 16.4. The molecule has 0 fully saturated rings. The molecule has 0 aromatic heterocycles. The van der Waals surface area contributed by atoms with Gasteiger partial charge in [0.15, 0.2) is 5.11 Å². The van der Waals surface area contributed by atoms with E-state index in [1.165, 1.54) is 0 Å². The van der Waals surface area contributed by atoms with Crippen LogP contribution in [0.25, 0.3) is 0 Å². The number of anilines is 1.